The zero-order valence-corrected chi connectivity index (χ0v) is 12.0. The Morgan fingerprint density at radius 3 is 2.68 bits per heavy atom. The molecule has 0 aliphatic heterocycles. The molecule has 1 rings (SSSR count). The van der Waals surface area contributed by atoms with Crippen molar-refractivity contribution < 1.29 is 5.21 Å². The second-order valence-electron chi connectivity index (χ2n) is 4.87. The maximum atomic E-state index is 8.69. The molecular formula is C15H25N3O. The first kappa shape index (κ1) is 15.3. The number of amidine groups is 1. The summed E-state index contributed by atoms with van der Waals surface area (Å²) in [6.07, 6.45) is 6.39. The van der Waals surface area contributed by atoms with Crippen LogP contribution in [0.3, 0.4) is 0 Å². The van der Waals surface area contributed by atoms with Crippen LogP contribution in [0.1, 0.15) is 44.6 Å². The predicted octanol–water partition coefficient (Wildman–Crippen LogP) is 3.19. The summed E-state index contributed by atoms with van der Waals surface area (Å²) in [5.74, 6) is 0.151. The normalized spacial score (nSPS) is 11.6. The summed E-state index contributed by atoms with van der Waals surface area (Å²) in [4.78, 5) is 2.21. The first-order valence-corrected chi connectivity index (χ1v) is 6.98. The molecular weight excluding hydrogens is 238 g/mol. The second-order valence-corrected chi connectivity index (χ2v) is 4.87. The fourth-order valence-corrected chi connectivity index (χ4v) is 2.04. The van der Waals surface area contributed by atoms with Gasteiger partial charge in [0.2, 0.25) is 0 Å². The summed E-state index contributed by atoms with van der Waals surface area (Å²) in [7, 11) is 2.07. The van der Waals surface area contributed by atoms with Gasteiger partial charge in [0.05, 0.1) is 0 Å². The first-order valence-electron chi connectivity index (χ1n) is 6.98. The molecule has 1 aromatic carbocycles. The van der Waals surface area contributed by atoms with Crippen molar-refractivity contribution >= 4 is 11.5 Å². The highest BCUT2D eigenvalue weighted by Gasteiger charge is 2.04. The largest absolute Gasteiger partial charge is 0.409 e. The standard InChI is InChI=1S/C15H25N3O/c1-3-4-5-6-7-11-18(2)14-10-8-9-13(12-14)15(16)17-19/h8-10,12,19H,3-7,11H2,1-2H3,(H2,16,17). The van der Waals surface area contributed by atoms with Gasteiger partial charge in [-0.05, 0) is 18.6 Å². The lowest BCUT2D eigenvalue weighted by atomic mass is 10.1. The molecule has 0 heterocycles. The number of rotatable bonds is 8. The van der Waals surface area contributed by atoms with Crippen LogP contribution in [0.2, 0.25) is 0 Å². The highest BCUT2D eigenvalue weighted by molar-refractivity contribution is 5.97. The number of oxime groups is 1. The smallest absolute Gasteiger partial charge is 0.170 e. The minimum atomic E-state index is 0.151. The summed E-state index contributed by atoms with van der Waals surface area (Å²) in [5.41, 5.74) is 7.44. The zero-order valence-electron chi connectivity index (χ0n) is 12.0. The molecule has 0 atom stereocenters. The number of hydrogen-bond acceptors (Lipinski definition) is 3. The highest BCUT2D eigenvalue weighted by Crippen LogP contribution is 2.15. The predicted molar refractivity (Wildman–Crippen MR) is 81.0 cm³/mol. The molecule has 106 valence electrons. The zero-order chi connectivity index (χ0) is 14.1. The lowest BCUT2D eigenvalue weighted by Crippen LogP contribution is -2.20. The summed E-state index contributed by atoms with van der Waals surface area (Å²) < 4.78 is 0. The number of benzene rings is 1. The molecule has 0 amide bonds. The molecule has 0 fully saturated rings. The number of anilines is 1. The molecule has 3 N–H and O–H groups in total. The summed E-state index contributed by atoms with van der Waals surface area (Å²) in [6.45, 7) is 3.26. The fourth-order valence-electron chi connectivity index (χ4n) is 2.04. The van der Waals surface area contributed by atoms with Crippen molar-refractivity contribution in [3.8, 4) is 0 Å². The van der Waals surface area contributed by atoms with Crippen LogP contribution in [0, 0.1) is 0 Å². The van der Waals surface area contributed by atoms with Gasteiger partial charge < -0.3 is 15.8 Å². The quantitative estimate of drug-likeness (QED) is 0.249. The Bertz CT molecular complexity index is 404. The Morgan fingerprint density at radius 1 is 1.26 bits per heavy atom. The minimum Gasteiger partial charge on any atom is -0.409 e. The van der Waals surface area contributed by atoms with Gasteiger partial charge in [-0.3, -0.25) is 0 Å². The maximum absolute atomic E-state index is 8.69. The van der Waals surface area contributed by atoms with E-state index in [1.807, 2.05) is 24.3 Å². The van der Waals surface area contributed by atoms with E-state index in [-0.39, 0.29) is 5.84 Å². The molecule has 4 nitrogen and oxygen atoms in total. The number of hydrogen-bond donors (Lipinski definition) is 2. The van der Waals surface area contributed by atoms with Crippen LogP contribution >= 0.6 is 0 Å². The molecule has 19 heavy (non-hydrogen) atoms. The Hall–Kier alpha value is -1.71. The van der Waals surface area contributed by atoms with Crippen LogP contribution in [-0.4, -0.2) is 24.6 Å². The van der Waals surface area contributed by atoms with E-state index in [4.69, 9.17) is 10.9 Å². The number of nitrogens with zero attached hydrogens (tertiary/aromatic N) is 2. The van der Waals surface area contributed by atoms with Gasteiger partial charge in [-0.1, -0.05) is 49.9 Å². The van der Waals surface area contributed by atoms with Crippen molar-refractivity contribution in [1.82, 2.24) is 0 Å². The lowest BCUT2D eigenvalue weighted by molar-refractivity contribution is 0.318. The Morgan fingerprint density at radius 2 is 2.00 bits per heavy atom. The highest BCUT2D eigenvalue weighted by atomic mass is 16.4. The van der Waals surface area contributed by atoms with Gasteiger partial charge in [0.25, 0.3) is 0 Å². The van der Waals surface area contributed by atoms with Gasteiger partial charge in [0.15, 0.2) is 5.84 Å². The van der Waals surface area contributed by atoms with Gasteiger partial charge in [-0.15, -0.1) is 0 Å². The molecule has 1 aromatic rings. The maximum Gasteiger partial charge on any atom is 0.170 e. The number of unbranched alkanes of at least 4 members (excludes halogenated alkanes) is 4. The third kappa shape index (κ3) is 5.20. The molecule has 0 saturated heterocycles. The Balaban J connectivity index is 2.50. The fraction of sp³-hybridized carbons (Fsp3) is 0.533. The van der Waals surface area contributed by atoms with E-state index >= 15 is 0 Å². The van der Waals surface area contributed by atoms with E-state index in [0.29, 0.717) is 0 Å². The van der Waals surface area contributed by atoms with Crippen molar-refractivity contribution in [2.24, 2.45) is 10.9 Å². The molecule has 4 heteroatoms. The van der Waals surface area contributed by atoms with Crippen LogP contribution in [0.15, 0.2) is 29.4 Å². The average molecular weight is 263 g/mol. The van der Waals surface area contributed by atoms with E-state index in [1.54, 1.807) is 0 Å². The van der Waals surface area contributed by atoms with E-state index in [2.05, 4.69) is 24.0 Å². The van der Waals surface area contributed by atoms with Crippen molar-refractivity contribution in [1.29, 1.82) is 0 Å². The van der Waals surface area contributed by atoms with Gasteiger partial charge in [-0.2, -0.15) is 0 Å². The van der Waals surface area contributed by atoms with Crippen LogP contribution in [-0.2, 0) is 0 Å². The summed E-state index contributed by atoms with van der Waals surface area (Å²) in [5, 5.41) is 11.7. The van der Waals surface area contributed by atoms with Crippen molar-refractivity contribution in [3.05, 3.63) is 29.8 Å². The molecule has 0 aliphatic carbocycles. The summed E-state index contributed by atoms with van der Waals surface area (Å²) >= 11 is 0. The van der Waals surface area contributed by atoms with Crippen LogP contribution in [0.4, 0.5) is 5.69 Å². The monoisotopic (exact) mass is 263 g/mol. The SMILES string of the molecule is CCCCCCCN(C)c1cccc(C(N)=NO)c1. The molecule has 0 saturated carbocycles. The van der Waals surface area contributed by atoms with Gasteiger partial charge in [0, 0.05) is 24.8 Å². The average Bonchev–Trinajstić information content (AvgIpc) is 2.46. The Kier molecular flexibility index (Phi) is 6.79. The van der Waals surface area contributed by atoms with Crippen LogP contribution in [0.25, 0.3) is 0 Å². The third-order valence-corrected chi connectivity index (χ3v) is 3.29. The number of nitrogens with two attached hydrogens (primary N) is 1. The molecule has 0 aromatic heterocycles. The van der Waals surface area contributed by atoms with E-state index in [1.165, 1.54) is 32.1 Å². The first-order chi connectivity index (χ1) is 9.19. The molecule has 0 unspecified atom stereocenters. The van der Waals surface area contributed by atoms with E-state index in [0.717, 1.165) is 17.8 Å². The summed E-state index contributed by atoms with van der Waals surface area (Å²) in [6, 6.07) is 7.76. The van der Waals surface area contributed by atoms with Crippen LogP contribution < -0.4 is 10.6 Å². The molecule has 0 aliphatic rings. The molecule has 0 radical (unpaired) electrons. The lowest BCUT2D eigenvalue weighted by Gasteiger charge is -2.19. The third-order valence-electron chi connectivity index (χ3n) is 3.29. The van der Waals surface area contributed by atoms with Crippen molar-refractivity contribution in [2.45, 2.75) is 39.0 Å². The molecule has 0 bridgehead atoms. The molecule has 0 spiro atoms. The van der Waals surface area contributed by atoms with Gasteiger partial charge >= 0.3 is 0 Å². The van der Waals surface area contributed by atoms with Crippen molar-refractivity contribution in [2.75, 3.05) is 18.5 Å². The van der Waals surface area contributed by atoms with Crippen molar-refractivity contribution in [3.63, 3.8) is 0 Å². The Labute approximate surface area is 115 Å². The van der Waals surface area contributed by atoms with E-state index < -0.39 is 0 Å². The van der Waals surface area contributed by atoms with Gasteiger partial charge in [0.1, 0.15) is 0 Å². The second kappa shape index (κ2) is 8.40. The minimum absolute atomic E-state index is 0.151. The topological polar surface area (TPSA) is 61.8 Å². The van der Waals surface area contributed by atoms with Crippen LogP contribution in [0.5, 0.6) is 0 Å². The van der Waals surface area contributed by atoms with Gasteiger partial charge in [-0.25, -0.2) is 0 Å². The van der Waals surface area contributed by atoms with E-state index in [9.17, 15) is 0 Å².